The maximum Gasteiger partial charge on any atom is 0.191 e. The predicted octanol–water partition coefficient (Wildman–Crippen LogP) is 3.47. The van der Waals surface area contributed by atoms with E-state index in [0.29, 0.717) is 6.61 Å². The number of rotatable bonds is 6. The Kier molecular flexibility index (Phi) is 5.11. The lowest BCUT2D eigenvalue weighted by molar-refractivity contribution is 0.0491. The van der Waals surface area contributed by atoms with Crippen LogP contribution in [0.3, 0.4) is 0 Å². The zero-order valence-corrected chi connectivity index (χ0v) is 10.8. The molecule has 0 aliphatic heterocycles. The molecular formula is C15H20O2. The van der Waals surface area contributed by atoms with Gasteiger partial charge in [0, 0.05) is 5.56 Å². The molecule has 0 heterocycles. The summed E-state index contributed by atoms with van der Waals surface area (Å²) < 4.78 is 5.47. The summed E-state index contributed by atoms with van der Waals surface area (Å²) >= 11 is 0. The van der Waals surface area contributed by atoms with Crippen LogP contribution >= 0.6 is 0 Å². The van der Waals surface area contributed by atoms with E-state index in [0.717, 1.165) is 23.1 Å². The van der Waals surface area contributed by atoms with Crippen LogP contribution < -0.4 is 0 Å². The molecular weight excluding hydrogens is 212 g/mol. The van der Waals surface area contributed by atoms with Gasteiger partial charge in [-0.25, -0.2) is 0 Å². The lowest BCUT2D eigenvalue weighted by Gasteiger charge is -2.13. The van der Waals surface area contributed by atoms with E-state index in [1.54, 1.807) is 13.0 Å². The van der Waals surface area contributed by atoms with Gasteiger partial charge < -0.3 is 4.74 Å². The number of Topliss-reactive ketones (excluding diaryl/α,β-unsaturated/α-hetero) is 1. The molecule has 0 saturated carbocycles. The average Bonchev–Trinajstić information content (AvgIpc) is 2.31. The molecule has 0 spiro atoms. The quantitative estimate of drug-likeness (QED) is 0.426. The number of hydrogen-bond donors (Lipinski definition) is 0. The monoisotopic (exact) mass is 232 g/mol. The minimum atomic E-state index is -0.393. The summed E-state index contributed by atoms with van der Waals surface area (Å²) in [5.41, 5.74) is 2.85. The van der Waals surface area contributed by atoms with Gasteiger partial charge >= 0.3 is 0 Å². The molecule has 0 saturated heterocycles. The molecule has 1 rings (SSSR count). The van der Waals surface area contributed by atoms with E-state index >= 15 is 0 Å². The van der Waals surface area contributed by atoms with Gasteiger partial charge in [0.1, 0.15) is 6.10 Å². The van der Waals surface area contributed by atoms with Crippen molar-refractivity contribution < 1.29 is 9.53 Å². The van der Waals surface area contributed by atoms with Crippen molar-refractivity contribution in [2.45, 2.75) is 33.3 Å². The molecule has 0 aromatic heterocycles. The van der Waals surface area contributed by atoms with Gasteiger partial charge in [-0.3, -0.25) is 4.79 Å². The van der Waals surface area contributed by atoms with Gasteiger partial charge in [-0.2, -0.15) is 0 Å². The van der Waals surface area contributed by atoms with Crippen LogP contribution in [0, 0.1) is 13.8 Å². The van der Waals surface area contributed by atoms with Gasteiger partial charge in [0.25, 0.3) is 0 Å². The zero-order valence-electron chi connectivity index (χ0n) is 10.8. The van der Waals surface area contributed by atoms with Gasteiger partial charge in [0.2, 0.25) is 0 Å². The lowest BCUT2D eigenvalue weighted by atomic mass is 9.99. The van der Waals surface area contributed by atoms with Crippen LogP contribution in [0.1, 0.15) is 34.8 Å². The molecule has 0 aliphatic carbocycles. The maximum absolute atomic E-state index is 12.2. The summed E-state index contributed by atoms with van der Waals surface area (Å²) in [5, 5.41) is 0. The molecule has 0 amide bonds. The molecule has 0 radical (unpaired) electrons. The van der Waals surface area contributed by atoms with Gasteiger partial charge in [-0.15, -0.1) is 6.58 Å². The molecule has 1 unspecified atom stereocenters. The van der Waals surface area contributed by atoms with E-state index < -0.39 is 6.10 Å². The molecule has 0 fully saturated rings. The van der Waals surface area contributed by atoms with Crippen LogP contribution in [0.4, 0.5) is 0 Å². The van der Waals surface area contributed by atoms with Crippen LogP contribution in [0.2, 0.25) is 0 Å². The van der Waals surface area contributed by atoms with Gasteiger partial charge in [0.15, 0.2) is 5.78 Å². The molecule has 1 aromatic carbocycles. The first-order valence-electron chi connectivity index (χ1n) is 5.90. The molecule has 17 heavy (non-hydrogen) atoms. The van der Waals surface area contributed by atoms with Crippen molar-refractivity contribution in [1.29, 1.82) is 0 Å². The highest BCUT2D eigenvalue weighted by atomic mass is 16.5. The first-order valence-corrected chi connectivity index (χ1v) is 5.90. The Hall–Kier alpha value is -1.41. The highest BCUT2D eigenvalue weighted by Gasteiger charge is 2.17. The molecule has 2 nitrogen and oxygen atoms in total. The Labute approximate surface area is 103 Å². The lowest BCUT2D eigenvalue weighted by Crippen LogP contribution is -2.22. The SMILES string of the molecule is C=CCCOC(C)C(=O)c1cc(C)ccc1C. The van der Waals surface area contributed by atoms with E-state index in [-0.39, 0.29) is 5.78 Å². The first-order chi connectivity index (χ1) is 8.06. The molecule has 0 aliphatic rings. The van der Waals surface area contributed by atoms with Crippen LogP contribution in [-0.2, 0) is 4.74 Å². The van der Waals surface area contributed by atoms with E-state index in [9.17, 15) is 4.79 Å². The topological polar surface area (TPSA) is 26.3 Å². The van der Waals surface area contributed by atoms with Gasteiger partial charge in [-0.05, 0) is 38.8 Å². The van der Waals surface area contributed by atoms with Crippen LogP contribution in [0.5, 0.6) is 0 Å². The van der Waals surface area contributed by atoms with Gasteiger partial charge in [-0.1, -0.05) is 23.8 Å². The Balaban J connectivity index is 2.74. The van der Waals surface area contributed by atoms with Crippen molar-refractivity contribution in [3.8, 4) is 0 Å². The summed E-state index contributed by atoms with van der Waals surface area (Å²) in [6.45, 7) is 9.90. The highest BCUT2D eigenvalue weighted by Crippen LogP contribution is 2.14. The molecule has 92 valence electrons. The number of hydrogen-bond acceptors (Lipinski definition) is 2. The zero-order chi connectivity index (χ0) is 12.8. The Morgan fingerprint density at radius 2 is 2.18 bits per heavy atom. The second-order valence-corrected chi connectivity index (χ2v) is 4.27. The number of ether oxygens (including phenoxy) is 1. The van der Waals surface area contributed by atoms with Gasteiger partial charge in [0.05, 0.1) is 6.61 Å². The fourth-order valence-corrected chi connectivity index (χ4v) is 1.62. The van der Waals surface area contributed by atoms with E-state index in [1.807, 2.05) is 32.0 Å². The van der Waals surface area contributed by atoms with Crippen LogP contribution in [0.15, 0.2) is 30.9 Å². The first kappa shape index (κ1) is 13.7. The second-order valence-electron chi connectivity index (χ2n) is 4.27. The molecule has 2 heteroatoms. The number of benzene rings is 1. The Morgan fingerprint density at radius 1 is 1.47 bits per heavy atom. The molecule has 1 aromatic rings. The summed E-state index contributed by atoms with van der Waals surface area (Å²) in [7, 11) is 0. The molecule has 0 N–H and O–H groups in total. The fraction of sp³-hybridized carbons (Fsp3) is 0.400. The number of aryl methyl sites for hydroxylation is 2. The van der Waals surface area contributed by atoms with E-state index in [4.69, 9.17) is 4.74 Å². The van der Waals surface area contributed by atoms with Crippen molar-refractivity contribution in [1.82, 2.24) is 0 Å². The predicted molar refractivity (Wildman–Crippen MR) is 70.5 cm³/mol. The maximum atomic E-state index is 12.2. The number of ketones is 1. The summed E-state index contributed by atoms with van der Waals surface area (Å²) in [4.78, 5) is 12.2. The van der Waals surface area contributed by atoms with Crippen molar-refractivity contribution in [2.24, 2.45) is 0 Å². The Morgan fingerprint density at radius 3 is 2.82 bits per heavy atom. The largest absolute Gasteiger partial charge is 0.370 e. The van der Waals surface area contributed by atoms with Crippen LogP contribution in [0.25, 0.3) is 0 Å². The third kappa shape index (κ3) is 3.82. The highest BCUT2D eigenvalue weighted by molar-refractivity contribution is 6.00. The van der Waals surface area contributed by atoms with Crippen molar-refractivity contribution in [2.75, 3.05) is 6.61 Å². The Bertz CT molecular complexity index is 407. The van der Waals surface area contributed by atoms with Crippen molar-refractivity contribution in [3.05, 3.63) is 47.5 Å². The smallest absolute Gasteiger partial charge is 0.191 e. The van der Waals surface area contributed by atoms with Crippen LogP contribution in [-0.4, -0.2) is 18.5 Å². The van der Waals surface area contributed by atoms with Crippen molar-refractivity contribution in [3.63, 3.8) is 0 Å². The number of carbonyl (C=O) groups excluding carboxylic acids is 1. The summed E-state index contributed by atoms with van der Waals surface area (Å²) in [5.74, 6) is 0.0512. The standard InChI is InChI=1S/C15H20O2/c1-5-6-9-17-13(4)15(16)14-10-11(2)7-8-12(14)3/h5,7-8,10,13H,1,6,9H2,2-4H3. The molecule has 1 atom stereocenters. The average molecular weight is 232 g/mol. The summed E-state index contributed by atoms with van der Waals surface area (Å²) in [6.07, 6.45) is 2.16. The van der Waals surface area contributed by atoms with E-state index in [1.165, 1.54) is 0 Å². The third-order valence-corrected chi connectivity index (χ3v) is 2.72. The minimum absolute atomic E-state index is 0.0512. The minimum Gasteiger partial charge on any atom is -0.370 e. The third-order valence-electron chi connectivity index (χ3n) is 2.72. The normalized spacial score (nSPS) is 12.2. The van der Waals surface area contributed by atoms with E-state index in [2.05, 4.69) is 6.58 Å². The number of carbonyl (C=O) groups is 1. The second kappa shape index (κ2) is 6.36. The summed E-state index contributed by atoms with van der Waals surface area (Å²) in [6, 6.07) is 5.90. The molecule has 0 bridgehead atoms. The fourth-order valence-electron chi connectivity index (χ4n) is 1.62. The van der Waals surface area contributed by atoms with Crippen molar-refractivity contribution >= 4 is 5.78 Å².